The van der Waals surface area contributed by atoms with Gasteiger partial charge in [0.05, 0.1) is 23.9 Å². The van der Waals surface area contributed by atoms with E-state index in [9.17, 15) is 14.7 Å². The summed E-state index contributed by atoms with van der Waals surface area (Å²) < 4.78 is 1.63. The lowest BCUT2D eigenvalue weighted by atomic mass is 10.0. The summed E-state index contributed by atoms with van der Waals surface area (Å²) in [5, 5.41) is 19.8. The molecule has 1 aromatic heterocycles. The highest BCUT2D eigenvalue weighted by molar-refractivity contribution is 6.30. The number of aromatic nitrogens is 2. The maximum atomic E-state index is 12.0. The molecule has 0 aromatic carbocycles. The van der Waals surface area contributed by atoms with E-state index in [-0.39, 0.29) is 30.8 Å². The Morgan fingerprint density at radius 1 is 1.50 bits per heavy atom. The molecule has 0 saturated carbocycles. The lowest BCUT2D eigenvalue weighted by Gasteiger charge is -2.17. The number of nitrogens with one attached hydrogen (secondary N) is 2. The number of hydrogen-bond donors (Lipinski definition) is 3. The van der Waals surface area contributed by atoms with E-state index in [1.807, 2.05) is 0 Å². The number of nitrogens with zero attached hydrogens (tertiary/aromatic N) is 3. The summed E-state index contributed by atoms with van der Waals surface area (Å²) in [7, 11) is 1.55. The van der Waals surface area contributed by atoms with Crippen LogP contribution in [0.3, 0.4) is 0 Å². The molecule has 0 bridgehead atoms. The molecule has 1 aromatic rings. The summed E-state index contributed by atoms with van der Waals surface area (Å²) in [6, 6.07) is -0.253. The van der Waals surface area contributed by atoms with E-state index < -0.39 is 6.10 Å². The second-order valence-electron chi connectivity index (χ2n) is 5.26. The van der Waals surface area contributed by atoms with Gasteiger partial charge in [0.25, 0.3) is 0 Å². The van der Waals surface area contributed by atoms with E-state index in [2.05, 4.69) is 15.7 Å². The van der Waals surface area contributed by atoms with E-state index in [0.29, 0.717) is 24.7 Å². The van der Waals surface area contributed by atoms with Crippen molar-refractivity contribution in [3.63, 3.8) is 0 Å². The number of carbonyl (C=O) groups is 2. The van der Waals surface area contributed by atoms with Crippen LogP contribution < -0.4 is 10.6 Å². The molecule has 1 fully saturated rings. The lowest BCUT2D eigenvalue weighted by Crippen LogP contribution is -2.40. The summed E-state index contributed by atoms with van der Waals surface area (Å²) >= 11 is 5.75. The second-order valence-corrected chi connectivity index (χ2v) is 5.70. The molecule has 122 valence electrons. The Morgan fingerprint density at radius 2 is 2.27 bits per heavy atom. The molecule has 1 aliphatic rings. The van der Waals surface area contributed by atoms with Crippen molar-refractivity contribution in [3.8, 4) is 0 Å². The summed E-state index contributed by atoms with van der Waals surface area (Å²) in [5.41, 5.74) is 0. The topological polar surface area (TPSA) is 99.5 Å². The van der Waals surface area contributed by atoms with Crippen LogP contribution in [0, 0.1) is 5.92 Å². The smallest absolute Gasteiger partial charge is 0.317 e. The average molecular weight is 330 g/mol. The molecule has 2 atom stereocenters. The van der Waals surface area contributed by atoms with Gasteiger partial charge in [0.1, 0.15) is 0 Å². The number of likely N-dealkylation sites (tertiary alicyclic amines) is 1. The second kappa shape index (κ2) is 7.46. The van der Waals surface area contributed by atoms with Gasteiger partial charge in [-0.2, -0.15) is 5.10 Å². The fraction of sp³-hybridized carbons (Fsp3) is 0.615. The zero-order chi connectivity index (χ0) is 16.1. The first-order valence-corrected chi connectivity index (χ1v) is 7.46. The Kier molecular flexibility index (Phi) is 5.62. The van der Waals surface area contributed by atoms with E-state index in [1.54, 1.807) is 17.9 Å². The van der Waals surface area contributed by atoms with Crippen LogP contribution in [0.2, 0.25) is 5.02 Å². The van der Waals surface area contributed by atoms with Gasteiger partial charge in [-0.05, 0) is 0 Å². The third-order valence-electron chi connectivity index (χ3n) is 3.64. The molecular formula is C13H20ClN5O3. The Bertz CT molecular complexity index is 536. The highest BCUT2D eigenvalue weighted by Gasteiger charge is 2.34. The van der Waals surface area contributed by atoms with Crippen LogP contribution >= 0.6 is 11.6 Å². The SMILES string of the molecule is CNC(=O)C[C@@H]1CN(C(=O)NCCn2cc(Cl)cn2)C[C@H]1O. The molecule has 9 heteroatoms. The van der Waals surface area contributed by atoms with Crippen LogP contribution in [0.25, 0.3) is 0 Å². The number of rotatable bonds is 5. The van der Waals surface area contributed by atoms with Crippen LogP contribution in [-0.4, -0.2) is 64.5 Å². The van der Waals surface area contributed by atoms with Crippen molar-refractivity contribution in [3.05, 3.63) is 17.4 Å². The minimum atomic E-state index is -0.673. The molecule has 0 aliphatic carbocycles. The fourth-order valence-electron chi connectivity index (χ4n) is 2.41. The van der Waals surface area contributed by atoms with Crippen LogP contribution in [-0.2, 0) is 11.3 Å². The van der Waals surface area contributed by atoms with Crippen molar-refractivity contribution < 1.29 is 14.7 Å². The zero-order valence-electron chi connectivity index (χ0n) is 12.3. The molecule has 22 heavy (non-hydrogen) atoms. The first-order chi connectivity index (χ1) is 10.5. The summed E-state index contributed by atoms with van der Waals surface area (Å²) in [6.07, 6.45) is 2.75. The number of halogens is 1. The largest absolute Gasteiger partial charge is 0.391 e. The predicted molar refractivity (Wildman–Crippen MR) is 80.4 cm³/mol. The molecule has 1 saturated heterocycles. The predicted octanol–water partition coefficient (Wildman–Crippen LogP) is -0.325. The van der Waals surface area contributed by atoms with Gasteiger partial charge >= 0.3 is 6.03 Å². The average Bonchev–Trinajstić information content (AvgIpc) is 3.05. The van der Waals surface area contributed by atoms with Gasteiger partial charge in [-0.3, -0.25) is 9.48 Å². The van der Waals surface area contributed by atoms with Gasteiger partial charge < -0.3 is 20.6 Å². The highest BCUT2D eigenvalue weighted by Crippen LogP contribution is 2.20. The third-order valence-corrected chi connectivity index (χ3v) is 3.83. The Hall–Kier alpha value is -1.80. The standard InChI is InChI=1S/C13H20ClN5O3/c1-15-12(21)4-9-6-18(8-11(9)20)13(22)16-2-3-19-7-10(14)5-17-19/h5,7,9,11,20H,2-4,6,8H2,1H3,(H,15,21)(H,16,22)/t9-,11-/m1/s1. The fourth-order valence-corrected chi connectivity index (χ4v) is 2.57. The van der Waals surface area contributed by atoms with Gasteiger partial charge in [-0.1, -0.05) is 11.6 Å². The van der Waals surface area contributed by atoms with Gasteiger partial charge in [0, 0.05) is 45.2 Å². The third kappa shape index (κ3) is 4.35. The number of hydrogen-bond acceptors (Lipinski definition) is 4. The molecule has 1 aliphatic heterocycles. The van der Waals surface area contributed by atoms with Gasteiger partial charge in [-0.15, -0.1) is 0 Å². The molecule has 0 unspecified atom stereocenters. The highest BCUT2D eigenvalue weighted by atomic mass is 35.5. The van der Waals surface area contributed by atoms with Gasteiger partial charge in [-0.25, -0.2) is 4.79 Å². The van der Waals surface area contributed by atoms with Gasteiger partial charge in [0.2, 0.25) is 5.91 Å². The number of aliphatic hydroxyl groups is 1. The van der Waals surface area contributed by atoms with Crippen LogP contribution in [0.15, 0.2) is 12.4 Å². The first-order valence-electron chi connectivity index (χ1n) is 7.09. The maximum absolute atomic E-state index is 12.0. The summed E-state index contributed by atoms with van der Waals surface area (Å²) in [6.45, 7) is 1.52. The first kappa shape index (κ1) is 16.6. The molecule has 3 N–H and O–H groups in total. The number of amides is 3. The van der Waals surface area contributed by atoms with Crippen LogP contribution in [0.4, 0.5) is 4.79 Å². The van der Waals surface area contributed by atoms with Gasteiger partial charge in [0.15, 0.2) is 0 Å². The molecule has 8 nitrogen and oxygen atoms in total. The van der Waals surface area contributed by atoms with Crippen molar-refractivity contribution in [1.29, 1.82) is 0 Å². The zero-order valence-corrected chi connectivity index (χ0v) is 13.1. The Labute approximate surface area is 133 Å². The van der Waals surface area contributed by atoms with Crippen molar-refractivity contribution in [2.45, 2.75) is 19.1 Å². The van der Waals surface area contributed by atoms with Crippen LogP contribution in [0.1, 0.15) is 6.42 Å². The summed E-state index contributed by atoms with van der Waals surface area (Å²) in [4.78, 5) is 24.9. The molecule has 2 heterocycles. The normalized spacial score (nSPS) is 21.0. The number of β-amino-alcohol motifs (C(OH)–C–C–N with tert-alkyl or cyclic N) is 1. The van der Waals surface area contributed by atoms with Crippen LogP contribution in [0.5, 0.6) is 0 Å². The molecular weight excluding hydrogens is 310 g/mol. The number of carbonyl (C=O) groups excluding carboxylic acids is 2. The molecule has 3 amide bonds. The van der Waals surface area contributed by atoms with Crippen molar-refractivity contribution in [1.82, 2.24) is 25.3 Å². The molecule has 2 rings (SSSR count). The Balaban J connectivity index is 1.75. The van der Waals surface area contributed by atoms with Crippen molar-refractivity contribution >= 4 is 23.5 Å². The van der Waals surface area contributed by atoms with E-state index in [4.69, 9.17) is 11.6 Å². The maximum Gasteiger partial charge on any atom is 0.317 e. The molecule has 0 spiro atoms. The minimum absolute atomic E-state index is 0.137. The minimum Gasteiger partial charge on any atom is -0.391 e. The van der Waals surface area contributed by atoms with Crippen molar-refractivity contribution in [2.75, 3.05) is 26.7 Å². The monoisotopic (exact) mass is 329 g/mol. The number of aliphatic hydroxyl groups excluding tert-OH is 1. The molecule has 0 radical (unpaired) electrons. The summed E-state index contributed by atoms with van der Waals surface area (Å²) in [5.74, 6) is -0.363. The quantitative estimate of drug-likeness (QED) is 0.689. The van der Waals surface area contributed by atoms with E-state index in [0.717, 1.165) is 0 Å². The number of urea groups is 1. The van der Waals surface area contributed by atoms with E-state index >= 15 is 0 Å². The Morgan fingerprint density at radius 3 is 2.91 bits per heavy atom. The van der Waals surface area contributed by atoms with Crippen molar-refractivity contribution in [2.24, 2.45) is 5.92 Å². The van der Waals surface area contributed by atoms with E-state index in [1.165, 1.54) is 11.1 Å². The lowest BCUT2D eigenvalue weighted by molar-refractivity contribution is -0.122.